The molecule has 1 aromatic heterocycles. The monoisotopic (exact) mass is 635 g/mol. The molecule has 3 aromatic carbocycles. The lowest BCUT2D eigenvalue weighted by Gasteiger charge is -2.27. The van der Waals surface area contributed by atoms with Gasteiger partial charge in [-0.15, -0.1) is 0 Å². The number of benzene rings is 3. The van der Waals surface area contributed by atoms with Crippen LogP contribution in [0.3, 0.4) is 0 Å². The van der Waals surface area contributed by atoms with E-state index in [2.05, 4.69) is 0 Å². The average molecular weight is 636 g/mol. The molecule has 0 N–H and O–H groups in total. The number of nitriles is 1. The maximum absolute atomic E-state index is 13.9. The van der Waals surface area contributed by atoms with E-state index in [1.54, 1.807) is 93.4 Å². The quantitative estimate of drug-likeness (QED) is 0.169. The Hall–Kier alpha value is -5.31. The fourth-order valence-corrected chi connectivity index (χ4v) is 6.79. The zero-order chi connectivity index (χ0) is 33.0. The van der Waals surface area contributed by atoms with Gasteiger partial charge in [0.25, 0.3) is 11.8 Å². The SMILES string of the molecule is CCN(CC)S(=O)(=O)c1cccc(-c2nn(-c3ccccc3)cc2/C=C2/C(=O)N(Cc3ccc(OC)cc3)C(=O)C(C#N)=C2C)c1. The van der Waals surface area contributed by atoms with Gasteiger partial charge in [0.1, 0.15) is 23.1 Å². The number of rotatable bonds is 10. The summed E-state index contributed by atoms with van der Waals surface area (Å²) in [4.78, 5) is 28.4. The van der Waals surface area contributed by atoms with E-state index in [-0.39, 0.29) is 28.2 Å². The van der Waals surface area contributed by atoms with Crippen LogP contribution in [0.5, 0.6) is 5.75 Å². The number of imide groups is 1. The molecule has 5 rings (SSSR count). The van der Waals surface area contributed by atoms with Crippen molar-refractivity contribution in [1.82, 2.24) is 19.0 Å². The van der Waals surface area contributed by atoms with Gasteiger partial charge < -0.3 is 4.74 Å². The van der Waals surface area contributed by atoms with Crippen LogP contribution in [-0.4, -0.2) is 59.4 Å². The predicted molar refractivity (Wildman–Crippen MR) is 174 cm³/mol. The van der Waals surface area contributed by atoms with Crippen molar-refractivity contribution >= 4 is 27.9 Å². The minimum Gasteiger partial charge on any atom is -0.497 e. The predicted octanol–water partition coefficient (Wildman–Crippen LogP) is 5.37. The first-order valence-electron chi connectivity index (χ1n) is 14.7. The fourth-order valence-electron chi connectivity index (χ4n) is 5.29. The lowest BCUT2D eigenvalue weighted by atomic mass is 9.93. The van der Waals surface area contributed by atoms with Crippen LogP contribution in [0, 0.1) is 11.3 Å². The van der Waals surface area contributed by atoms with Crippen LogP contribution in [-0.2, 0) is 26.2 Å². The van der Waals surface area contributed by atoms with Crippen LogP contribution in [0.1, 0.15) is 31.9 Å². The van der Waals surface area contributed by atoms with Crippen molar-refractivity contribution in [3.8, 4) is 28.8 Å². The number of carbonyl (C=O) groups is 2. The third-order valence-electron chi connectivity index (χ3n) is 7.84. The van der Waals surface area contributed by atoms with Crippen LogP contribution < -0.4 is 4.74 Å². The minimum absolute atomic E-state index is 0.0428. The molecule has 0 atom stereocenters. The maximum Gasteiger partial charge on any atom is 0.271 e. The Morgan fingerprint density at radius 1 is 0.957 bits per heavy atom. The Labute approximate surface area is 268 Å². The molecule has 0 saturated heterocycles. The van der Waals surface area contributed by atoms with Crippen LogP contribution in [0.4, 0.5) is 0 Å². The van der Waals surface area contributed by atoms with Gasteiger partial charge in [-0.05, 0) is 60.5 Å². The Morgan fingerprint density at radius 3 is 2.28 bits per heavy atom. The van der Waals surface area contributed by atoms with Crippen LogP contribution in [0.15, 0.2) is 107 Å². The summed E-state index contributed by atoms with van der Waals surface area (Å²) >= 11 is 0. The van der Waals surface area contributed by atoms with E-state index in [0.29, 0.717) is 41.2 Å². The first-order valence-corrected chi connectivity index (χ1v) is 16.1. The second kappa shape index (κ2) is 13.4. The number of carbonyl (C=O) groups excluding carboxylic acids is 2. The van der Waals surface area contributed by atoms with Crippen molar-refractivity contribution in [2.75, 3.05) is 20.2 Å². The van der Waals surface area contributed by atoms with Crippen LogP contribution in [0.25, 0.3) is 23.0 Å². The molecular weight excluding hydrogens is 602 g/mol. The van der Waals surface area contributed by atoms with Gasteiger partial charge >= 0.3 is 0 Å². The molecule has 0 aliphatic carbocycles. The molecule has 0 saturated carbocycles. The molecule has 0 unspecified atom stereocenters. The van der Waals surface area contributed by atoms with Gasteiger partial charge in [0.15, 0.2) is 0 Å². The summed E-state index contributed by atoms with van der Waals surface area (Å²) in [6, 6.07) is 24.8. The van der Waals surface area contributed by atoms with Gasteiger partial charge in [-0.3, -0.25) is 14.5 Å². The van der Waals surface area contributed by atoms with Crippen molar-refractivity contribution < 1.29 is 22.7 Å². The molecule has 10 nitrogen and oxygen atoms in total. The van der Waals surface area contributed by atoms with Crippen molar-refractivity contribution in [1.29, 1.82) is 5.26 Å². The van der Waals surface area contributed by atoms with E-state index < -0.39 is 21.8 Å². The van der Waals surface area contributed by atoms with Gasteiger partial charge in [0.2, 0.25) is 10.0 Å². The average Bonchev–Trinajstić information content (AvgIpc) is 3.50. The topological polar surface area (TPSA) is 126 Å². The maximum atomic E-state index is 13.9. The van der Waals surface area contributed by atoms with Gasteiger partial charge in [-0.25, -0.2) is 13.1 Å². The molecule has 0 radical (unpaired) electrons. The highest BCUT2D eigenvalue weighted by Gasteiger charge is 2.36. The number of sulfonamides is 1. The lowest BCUT2D eigenvalue weighted by Crippen LogP contribution is -2.42. The molecule has 11 heteroatoms. The van der Waals surface area contributed by atoms with Crippen LogP contribution in [0.2, 0.25) is 0 Å². The highest BCUT2D eigenvalue weighted by molar-refractivity contribution is 7.89. The van der Waals surface area contributed by atoms with Gasteiger partial charge in [-0.2, -0.15) is 14.7 Å². The number of amides is 2. The second-order valence-electron chi connectivity index (χ2n) is 10.5. The molecule has 0 fully saturated rings. The van der Waals surface area contributed by atoms with Crippen molar-refractivity contribution in [2.45, 2.75) is 32.2 Å². The fraction of sp³-hybridized carbons (Fsp3) is 0.200. The number of aromatic nitrogens is 2. The molecule has 234 valence electrons. The molecule has 0 spiro atoms. The zero-order valence-corrected chi connectivity index (χ0v) is 26.8. The highest BCUT2D eigenvalue weighted by Crippen LogP contribution is 2.33. The van der Waals surface area contributed by atoms with E-state index in [0.717, 1.165) is 10.6 Å². The summed E-state index contributed by atoms with van der Waals surface area (Å²) in [5, 5.41) is 14.8. The normalized spacial score (nSPS) is 14.7. The molecule has 46 heavy (non-hydrogen) atoms. The number of hydrogen-bond acceptors (Lipinski definition) is 7. The standard InChI is InChI=1S/C35H33N5O5S/c1-5-38(6-2)46(43,44)30-14-10-11-26(19-30)33-27(23-40(37-33)28-12-8-7-9-13-28)20-31-24(3)32(21-36)35(42)39(34(31)41)22-25-15-17-29(45-4)18-16-25/h7-20,23H,5-6,22H2,1-4H3/b31-20+. The Bertz CT molecular complexity index is 2000. The van der Waals surface area contributed by atoms with Gasteiger partial charge in [-0.1, -0.05) is 56.3 Å². The molecule has 2 heterocycles. The molecule has 1 aliphatic heterocycles. The summed E-state index contributed by atoms with van der Waals surface area (Å²) < 4.78 is 35.0. The summed E-state index contributed by atoms with van der Waals surface area (Å²) in [5.74, 6) is -0.605. The summed E-state index contributed by atoms with van der Waals surface area (Å²) in [6.45, 7) is 5.74. The van der Waals surface area contributed by atoms with E-state index >= 15 is 0 Å². The van der Waals surface area contributed by atoms with Crippen molar-refractivity contribution in [3.05, 3.63) is 113 Å². The Balaban J connectivity index is 1.65. The van der Waals surface area contributed by atoms with Crippen molar-refractivity contribution in [3.63, 3.8) is 0 Å². The number of methoxy groups -OCH3 is 1. The number of ether oxygens (including phenoxy) is 1. The van der Waals surface area contributed by atoms with Crippen LogP contribution >= 0.6 is 0 Å². The number of hydrogen-bond donors (Lipinski definition) is 0. The lowest BCUT2D eigenvalue weighted by molar-refractivity contribution is -0.141. The first kappa shape index (κ1) is 32.1. The summed E-state index contributed by atoms with van der Waals surface area (Å²) in [5.41, 5.74) is 3.14. The largest absolute Gasteiger partial charge is 0.497 e. The van der Waals surface area contributed by atoms with E-state index in [9.17, 15) is 23.3 Å². The van der Waals surface area contributed by atoms with Gasteiger partial charge in [0, 0.05) is 36.0 Å². The Morgan fingerprint density at radius 2 is 1.65 bits per heavy atom. The molecule has 4 aromatic rings. The Kier molecular flexibility index (Phi) is 9.32. The van der Waals surface area contributed by atoms with E-state index in [1.165, 1.54) is 4.31 Å². The number of para-hydroxylation sites is 1. The minimum atomic E-state index is -3.76. The summed E-state index contributed by atoms with van der Waals surface area (Å²) in [6.07, 6.45) is 3.34. The molecule has 2 amide bonds. The molecular formula is C35H33N5O5S. The third kappa shape index (κ3) is 6.13. The highest BCUT2D eigenvalue weighted by atomic mass is 32.2. The second-order valence-corrected chi connectivity index (χ2v) is 12.5. The van der Waals surface area contributed by atoms with Crippen molar-refractivity contribution in [2.24, 2.45) is 0 Å². The molecule has 1 aliphatic rings. The first-order chi connectivity index (χ1) is 22.1. The zero-order valence-electron chi connectivity index (χ0n) is 26.0. The molecule has 0 bridgehead atoms. The van der Waals surface area contributed by atoms with Gasteiger partial charge in [0.05, 0.1) is 24.2 Å². The number of nitrogens with zero attached hydrogens (tertiary/aromatic N) is 5. The smallest absolute Gasteiger partial charge is 0.271 e. The summed E-state index contributed by atoms with van der Waals surface area (Å²) in [7, 11) is -2.21. The third-order valence-corrected chi connectivity index (χ3v) is 9.88. The van der Waals surface area contributed by atoms with E-state index in [1.807, 2.05) is 36.4 Å². The van der Waals surface area contributed by atoms with E-state index in [4.69, 9.17) is 9.84 Å².